The highest BCUT2D eigenvalue weighted by Gasteiger charge is 2.22. The summed E-state index contributed by atoms with van der Waals surface area (Å²) in [4.78, 5) is 44.2. The first kappa shape index (κ1) is 15.8. The number of ether oxygens (including phenoxy) is 1. The summed E-state index contributed by atoms with van der Waals surface area (Å²) >= 11 is 0. The second kappa shape index (κ2) is 6.32. The smallest absolute Gasteiger partial charge is 0.328 e. The van der Waals surface area contributed by atoms with E-state index in [0.29, 0.717) is 29.0 Å². The molecular formula is C18H14N4O4. The molecule has 3 N–H and O–H groups in total. The number of H-pyrrole nitrogens is 2. The minimum atomic E-state index is -0.621. The molecule has 130 valence electrons. The van der Waals surface area contributed by atoms with Gasteiger partial charge < -0.3 is 10.1 Å². The average Bonchev–Trinajstić information content (AvgIpc) is 2.65. The van der Waals surface area contributed by atoms with Gasteiger partial charge in [-0.15, -0.1) is 0 Å². The lowest BCUT2D eigenvalue weighted by Crippen LogP contribution is -2.28. The summed E-state index contributed by atoms with van der Waals surface area (Å²) in [7, 11) is 0. The predicted molar refractivity (Wildman–Crippen MR) is 92.4 cm³/mol. The van der Waals surface area contributed by atoms with E-state index in [1.165, 1.54) is 0 Å². The van der Waals surface area contributed by atoms with Gasteiger partial charge in [0.2, 0.25) is 5.88 Å². The highest BCUT2D eigenvalue weighted by atomic mass is 16.5. The number of pyridine rings is 1. The highest BCUT2D eigenvalue weighted by molar-refractivity contribution is 5.94. The van der Waals surface area contributed by atoms with Gasteiger partial charge in [-0.1, -0.05) is 0 Å². The SMILES string of the molecule is O=C(NCc1ccncc1)c1ccc2c(c1)Cc1c([nH]c(=O)[nH]c1=O)O2. The van der Waals surface area contributed by atoms with E-state index in [4.69, 9.17) is 4.74 Å². The minimum absolute atomic E-state index is 0.140. The zero-order chi connectivity index (χ0) is 18.1. The largest absolute Gasteiger partial charge is 0.440 e. The molecule has 0 unspecified atom stereocenters. The molecule has 0 atom stereocenters. The van der Waals surface area contributed by atoms with Crippen LogP contribution in [0.2, 0.25) is 0 Å². The Morgan fingerprint density at radius 1 is 1.15 bits per heavy atom. The molecule has 0 saturated carbocycles. The number of aromatic amines is 2. The van der Waals surface area contributed by atoms with Crippen molar-refractivity contribution in [3.63, 3.8) is 0 Å². The second-order valence-electron chi connectivity index (χ2n) is 5.86. The maximum absolute atomic E-state index is 12.4. The van der Waals surface area contributed by atoms with E-state index in [-0.39, 0.29) is 18.2 Å². The van der Waals surface area contributed by atoms with Crippen LogP contribution in [0.5, 0.6) is 11.6 Å². The van der Waals surface area contributed by atoms with Crippen molar-refractivity contribution in [1.82, 2.24) is 20.3 Å². The van der Waals surface area contributed by atoms with E-state index in [1.54, 1.807) is 30.6 Å². The number of carbonyl (C=O) groups excluding carboxylic acids is 1. The van der Waals surface area contributed by atoms with Crippen LogP contribution >= 0.6 is 0 Å². The number of hydrogen-bond acceptors (Lipinski definition) is 5. The third-order valence-electron chi connectivity index (χ3n) is 4.11. The van der Waals surface area contributed by atoms with E-state index in [9.17, 15) is 14.4 Å². The van der Waals surface area contributed by atoms with Crippen molar-refractivity contribution < 1.29 is 9.53 Å². The molecule has 3 heterocycles. The quantitative estimate of drug-likeness (QED) is 0.511. The van der Waals surface area contributed by atoms with Gasteiger partial charge in [0, 0.05) is 36.5 Å². The Bertz CT molecular complexity index is 1100. The Labute approximate surface area is 146 Å². The van der Waals surface area contributed by atoms with Gasteiger partial charge in [-0.25, -0.2) is 4.79 Å². The summed E-state index contributed by atoms with van der Waals surface area (Å²) in [6.45, 7) is 0.388. The minimum Gasteiger partial charge on any atom is -0.440 e. The van der Waals surface area contributed by atoms with Gasteiger partial charge in [0.1, 0.15) is 5.75 Å². The maximum atomic E-state index is 12.4. The van der Waals surface area contributed by atoms with Crippen LogP contribution in [0.3, 0.4) is 0 Å². The van der Waals surface area contributed by atoms with Gasteiger partial charge >= 0.3 is 5.69 Å². The Hall–Kier alpha value is -3.68. The van der Waals surface area contributed by atoms with Crippen LogP contribution in [0.1, 0.15) is 27.0 Å². The molecule has 1 aromatic carbocycles. The highest BCUT2D eigenvalue weighted by Crippen LogP contribution is 2.33. The Morgan fingerprint density at radius 2 is 1.96 bits per heavy atom. The van der Waals surface area contributed by atoms with Gasteiger partial charge in [0.25, 0.3) is 11.5 Å². The number of hydrogen-bond donors (Lipinski definition) is 3. The third-order valence-corrected chi connectivity index (χ3v) is 4.11. The molecule has 0 spiro atoms. The molecule has 1 aliphatic rings. The van der Waals surface area contributed by atoms with Crippen LogP contribution in [0.4, 0.5) is 0 Å². The Kier molecular flexibility index (Phi) is 3.85. The van der Waals surface area contributed by atoms with Crippen LogP contribution in [0.15, 0.2) is 52.3 Å². The van der Waals surface area contributed by atoms with E-state index in [1.807, 2.05) is 12.1 Å². The fraction of sp³-hybridized carbons (Fsp3) is 0.111. The van der Waals surface area contributed by atoms with E-state index in [2.05, 4.69) is 20.3 Å². The van der Waals surface area contributed by atoms with Crippen LogP contribution in [-0.2, 0) is 13.0 Å². The van der Waals surface area contributed by atoms with Gasteiger partial charge in [-0.2, -0.15) is 0 Å². The van der Waals surface area contributed by atoms with E-state index in [0.717, 1.165) is 5.56 Å². The number of benzene rings is 1. The van der Waals surface area contributed by atoms with E-state index < -0.39 is 11.2 Å². The number of nitrogens with one attached hydrogen (secondary N) is 3. The fourth-order valence-corrected chi connectivity index (χ4v) is 2.78. The van der Waals surface area contributed by atoms with Gasteiger partial charge in [-0.05, 0) is 35.9 Å². The summed E-state index contributed by atoms with van der Waals surface area (Å²) in [5.74, 6) is 0.413. The molecule has 4 rings (SSSR count). The molecule has 1 amide bonds. The predicted octanol–water partition coefficient (Wildman–Crippen LogP) is 1.08. The normalized spacial score (nSPS) is 11.8. The molecule has 0 radical (unpaired) electrons. The molecule has 0 fully saturated rings. The third kappa shape index (κ3) is 3.00. The Morgan fingerprint density at radius 3 is 2.77 bits per heavy atom. The topological polar surface area (TPSA) is 117 Å². The number of nitrogens with zero attached hydrogens (tertiary/aromatic N) is 1. The van der Waals surface area contributed by atoms with Crippen LogP contribution < -0.4 is 21.3 Å². The molecule has 26 heavy (non-hydrogen) atoms. The number of amides is 1. The number of rotatable bonds is 3. The summed E-state index contributed by atoms with van der Waals surface area (Å²) < 4.78 is 5.59. The molecule has 1 aliphatic heterocycles. The van der Waals surface area contributed by atoms with Crippen LogP contribution in [-0.4, -0.2) is 20.9 Å². The lowest BCUT2D eigenvalue weighted by Gasteiger charge is -2.19. The zero-order valence-electron chi connectivity index (χ0n) is 13.5. The zero-order valence-corrected chi connectivity index (χ0v) is 13.5. The number of aromatic nitrogens is 3. The van der Waals surface area contributed by atoms with E-state index >= 15 is 0 Å². The first-order valence-electron chi connectivity index (χ1n) is 7.93. The molecule has 0 saturated heterocycles. The molecule has 3 aromatic rings. The van der Waals surface area contributed by atoms with Crippen molar-refractivity contribution in [2.24, 2.45) is 0 Å². The van der Waals surface area contributed by atoms with Gasteiger partial charge in [-0.3, -0.25) is 24.5 Å². The molecule has 0 aliphatic carbocycles. The fourth-order valence-electron chi connectivity index (χ4n) is 2.78. The van der Waals surface area contributed by atoms with Crippen LogP contribution in [0.25, 0.3) is 0 Å². The molecular weight excluding hydrogens is 336 g/mol. The average molecular weight is 350 g/mol. The van der Waals surface area contributed by atoms with Crippen molar-refractivity contribution in [2.45, 2.75) is 13.0 Å². The van der Waals surface area contributed by atoms with Gasteiger partial charge in [0.05, 0.1) is 5.56 Å². The van der Waals surface area contributed by atoms with Gasteiger partial charge in [0.15, 0.2) is 0 Å². The monoisotopic (exact) mass is 350 g/mol. The van der Waals surface area contributed by atoms with Crippen molar-refractivity contribution in [3.8, 4) is 11.6 Å². The lowest BCUT2D eigenvalue weighted by atomic mass is 10.0. The summed E-state index contributed by atoms with van der Waals surface area (Å²) in [6.07, 6.45) is 3.59. The first-order valence-corrected chi connectivity index (χ1v) is 7.93. The molecule has 8 nitrogen and oxygen atoms in total. The lowest BCUT2D eigenvalue weighted by molar-refractivity contribution is 0.0951. The van der Waals surface area contributed by atoms with Crippen molar-refractivity contribution in [1.29, 1.82) is 0 Å². The summed E-state index contributed by atoms with van der Waals surface area (Å²) in [5.41, 5.74) is 1.31. The van der Waals surface area contributed by atoms with Crippen LogP contribution in [0, 0.1) is 0 Å². The molecule has 8 heteroatoms. The Balaban J connectivity index is 1.56. The summed E-state index contributed by atoms with van der Waals surface area (Å²) in [6, 6.07) is 8.62. The standard InChI is InChI=1S/C18H14N4O4/c23-15(20-9-10-3-5-19-6-4-10)11-1-2-14-12(7-11)8-13-16(24)21-18(25)22-17(13)26-14/h1-7H,8-9H2,(H,20,23)(H2,21,22,24,25). The molecule has 0 bridgehead atoms. The van der Waals surface area contributed by atoms with Crippen molar-refractivity contribution in [3.05, 3.63) is 85.8 Å². The van der Waals surface area contributed by atoms with Crippen molar-refractivity contribution in [2.75, 3.05) is 0 Å². The second-order valence-corrected chi connectivity index (χ2v) is 5.86. The number of carbonyl (C=O) groups is 1. The summed E-state index contributed by atoms with van der Waals surface area (Å²) in [5, 5.41) is 2.84. The first-order chi connectivity index (χ1) is 12.6. The molecule has 2 aromatic heterocycles. The maximum Gasteiger partial charge on any atom is 0.328 e. The number of fused-ring (bicyclic) bond motifs is 2. The van der Waals surface area contributed by atoms with Crippen molar-refractivity contribution >= 4 is 5.91 Å².